The highest BCUT2D eigenvalue weighted by Gasteiger charge is 2.15. The molecule has 0 spiro atoms. The van der Waals surface area contributed by atoms with Gasteiger partial charge in [0.1, 0.15) is 0 Å². The number of rotatable bonds is 6. The molecule has 5 heteroatoms. The highest BCUT2D eigenvalue weighted by molar-refractivity contribution is 9.10. The minimum atomic E-state index is 0.616. The lowest BCUT2D eigenvalue weighted by Crippen LogP contribution is -2.20. The van der Waals surface area contributed by atoms with Crippen LogP contribution in [0.15, 0.2) is 28.7 Å². The summed E-state index contributed by atoms with van der Waals surface area (Å²) in [5, 5.41) is 0. The first-order valence-corrected chi connectivity index (χ1v) is 9.03. The molecule has 1 aromatic heterocycles. The van der Waals surface area contributed by atoms with E-state index in [0.717, 1.165) is 46.9 Å². The Hall–Kier alpha value is -1.07. The van der Waals surface area contributed by atoms with Crippen molar-refractivity contribution >= 4 is 40.2 Å². The van der Waals surface area contributed by atoms with E-state index in [-0.39, 0.29) is 0 Å². The zero-order valence-electron chi connectivity index (χ0n) is 13.3. The topological polar surface area (TPSA) is 29.0 Å². The van der Waals surface area contributed by atoms with Gasteiger partial charge in [-0.1, -0.05) is 19.4 Å². The summed E-state index contributed by atoms with van der Waals surface area (Å²) < 4.78 is 1.08. The Balaban J connectivity index is 2.41. The first-order valence-electron chi connectivity index (χ1n) is 7.60. The maximum atomic E-state index is 4.62. The van der Waals surface area contributed by atoms with Crippen molar-refractivity contribution in [2.24, 2.45) is 0 Å². The van der Waals surface area contributed by atoms with Gasteiger partial charge < -0.3 is 4.90 Å². The molecule has 0 radical (unpaired) electrons. The van der Waals surface area contributed by atoms with Crippen molar-refractivity contribution < 1.29 is 0 Å². The number of thiol groups is 1. The van der Waals surface area contributed by atoms with Gasteiger partial charge in [0.05, 0.1) is 11.4 Å². The van der Waals surface area contributed by atoms with E-state index >= 15 is 0 Å². The predicted molar refractivity (Wildman–Crippen MR) is 100 cm³/mol. The van der Waals surface area contributed by atoms with Crippen LogP contribution in [0.4, 0.5) is 11.6 Å². The lowest BCUT2D eigenvalue weighted by molar-refractivity contribution is 0.905. The van der Waals surface area contributed by atoms with Crippen molar-refractivity contribution in [1.29, 1.82) is 0 Å². The van der Waals surface area contributed by atoms with Gasteiger partial charge in [0.2, 0.25) is 5.95 Å². The molecule has 118 valence electrons. The van der Waals surface area contributed by atoms with E-state index in [1.54, 1.807) is 0 Å². The van der Waals surface area contributed by atoms with E-state index in [4.69, 9.17) is 0 Å². The highest BCUT2D eigenvalue weighted by atomic mass is 79.9. The molecule has 2 rings (SSSR count). The Morgan fingerprint density at radius 1 is 1.18 bits per heavy atom. The second kappa shape index (κ2) is 7.97. The van der Waals surface area contributed by atoms with Crippen molar-refractivity contribution in [3.8, 4) is 0 Å². The van der Waals surface area contributed by atoms with Crippen LogP contribution < -0.4 is 4.90 Å². The molecule has 22 heavy (non-hydrogen) atoms. The Labute approximate surface area is 146 Å². The standard InChI is InChI=1S/C17H22BrN3S/c1-4-6-13-7-8-16(15(18)10-13)21(5-2)17-19-12(3)9-14(11-22)20-17/h7-10,22H,4-6,11H2,1-3H3. The lowest BCUT2D eigenvalue weighted by Gasteiger charge is -2.23. The van der Waals surface area contributed by atoms with E-state index in [2.05, 4.69) is 75.5 Å². The van der Waals surface area contributed by atoms with Gasteiger partial charge in [-0.3, -0.25) is 0 Å². The number of halogens is 1. The quantitative estimate of drug-likeness (QED) is 0.708. The number of hydrogen-bond acceptors (Lipinski definition) is 4. The number of aryl methyl sites for hydroxylation is 2. The van der Waals surface area contributed by atoms with Crippen LogP contribution in [0.25, 0.3) is 0 Å². The monoisotopic (exact) mass is 379 g/mol. The molecule has 0 N–H and O–H groups in total. The number of hydrogen-bond donors (Lipinski definition) is 1. The molecule has 1 aromatic carbocycles. The first-order chi connectivity index (χ1) is 10.6. The van der Waals surface area contributed by atoms with Crippen LogP contribution in [0.5, 0.6) is 0 Å². The summed E-state index contributed by atoms with van der Waals surface area (Å²) in [6, 6.07) is 8.49. The molecular weight excluding hydrogens is 358 g/mol. The minimum absolute atomic E-state index is 0.616. The molecule has 1 heterocycles. The molecule has 0 aliphatic carbocycles. The third-order valence-corrected chi connectivity index (χ3v) is 4.42. The van der Waals surface area contributed by atoms with Gasteiger partial charge in [-0.15, -0.1) is 0 Å². The van der Waals surface area contributed by atoms with Gasteiger partial charge >= 0.3 is 0 Å². The normalized spacial score (nSPS) is 10.8. The van der Waals surface area contributed by atoms with E-state index in [0.29, 0.717) is 5.75 Å². The molecule has 2 aromatic rings. The molecule has 0 bridgehead atoms. The Bertz CT molecular complexity index is 646. The largest absolute Gasteiger partial charge is 0.310 e. The van der Waals surface area contributed by atoms with Gasteiger partial charge in [-0.2, -0.15) is 12.6 Å². The fourth-order valence-electron chi connectivity index (χ4n) is 2.45. The maximum Gasteiger partial charge on any atom is 0.230 e. The van der Waals surface area contributed by atoms with Gasteiger partial charge in [0.15, 0.2) is 0 Å². The number of nitrogens with zero attached hydrogens (tertiary/aromatic N) is 3. The summed E-state index contributed by atoms with van der Waals surface area (Å²) in [7, 11) is 0. The summed E-state index contributed by atoms with van der Waals surface area (Å²) in [4.78, 5) is 11.3. The number of anilines is 2. The van der Waals surface area contributed by atoms with Crippen molar-refractivity contribution in [1.82, 2.24) is 9.97 Å². The Kier molecular flexibility index (Phi) is 6.26. The third kappa shape index (κ3) is 4.02. The average molecular weight is 380 g/mol. The average Bonchev–Trinajstić information content (AvgIpc) is 2.50. The zero-order chi connectivity index (χ0) is 16.1. The number of aromatic nitrogens is 2. The van der Waals surface area contributed by atoms with Crippen molar-refractivity contribution in [3.63, 3.8) is 0 Å². The van der Waals surface area contributed by atoms with Gasteiger partial charge in [-0.05, 0) is 60.0 Å². The van der Waals surface area contributed by atoms with E-state index in [9.17, 15) is 0 Å². The molecule has 0 fully saturated rings. The fraction of sp³-hybridized carbons (Fsp3) is 0.412. The van der Waals surface area contributed by atoms with Crippen LogP contribution in [-0.2, 0) is 12.2 Å². The van der Waals surface area contributed by atoms with Gasteiger partial charge in [-0.25, -0.2) is 9.97 Å². The maximum absolute atomic E-state index is 4.62. The number of benzene rings is 1. The molecule has 0 aliphatic rings. The highest BCUT2D eigenvalue weighted by Crippen LogP contribution is 2.31. The molecule has 3 nitrogen and oxygen atoms in total. The van der Waals surface area contributed by atoms with Crippen LogP contribution in [-0.4, -0.2) is 16.5 Å². The van der Waals surface area contributed by atoms with Crippen molar-refractivity contribution in [3.05, 3.63) is 45.7 Å². The third-order valence-electron chi connectivity index (χ3n) is 3.46. The SMILES string of the molecule is CCCc1ccc(N(CC)c2nc(C)cc(CS)n2)c(Br)c1. The van der Waals surface area contributed by atoms with Crippen LogP contribution in [0, 0.1) is 6.92 Å². The smallest absolute Gasteiger partial charge is 0.230 e. The van der Waals surface area contributed by atoms with Gasteiger partial charge in [0, 0.05) is 22.5 Å². The minimum Gasteiger partial charge on any atom is -0.310 e. The summed E-state index contributed by atoms with van der Waals surface area (Å²) in [5.74, 6) is 1.35. The Morgan fingerprint density at radius 3 is 2.55 bits per heavy atom. The van der Waals surface area contributed by atoms with Crippen LogP contribution >= 0.6 is 28.6 Å². The second-order valence-electron chi connectivity index (χ2n) is 5.24. The summed E-state index contributed by atoms with van der Waals surface area (Å²) in [5.41, 5.74) is 4.35. The predicted octanol–water partition coefficient (Wildman–Crippen LogP) is 5.09. The molecule has 0 atom stereocenters. The summed E-state index contributed by atoms with van der Waals surface area (Å²) >= 11 is 8.03. The summed E-state index contributed by atoms with van der Waals surface area (Å²) in [6.45, 7) is 7.10. The molecule has 0 amide bonds. The van der Waals surface area contributed by atoms with Crippen molar-refractivity contribution in [2.75, 3.05) is 11.4 Å². The fourth-order valence-corrected chi connectivity index (χ4v) is 3.25. The Morgan fingerprint density at radius 2 is 1.95 bits per heavy atom. The van der Waals surface area contributed by atoms with Gasteiger partial charge in [0.25, 0.3) is 0 Å². The molecule has 0 saturated heterocycles. The van der Waals surface area contributed by atoms with Crippen LogP contribution in [0.2, 0.25) is 0 Å². The lowest BCUT2D eigenvalue weighted by atomic mass is 10.1. The molecular formula is C17H22BrN3S. The zero-order valence-corrected chi connectivity index (χ0v) is 15.8. The summed E-state index contributed by atoms with van der Waals surface area (Å²) in [6.07, 6.45) is 2.24. The molecule has 0 aliphatic heterocycles. The first kappa shape index (κ1) is 17.3. The second-order valence-corrected chi connectivity index (χ2v) is 6.41. The van der Waals surface area contributed by atoms with E-state index < -0.39 is 0 Å². The van der Waals surface area contributed by atoms with E-state index in [1.165, 1.54) is 5.56 Å². The van der Waals surface area contributed by atoms with E-state index in [1.807, 2.05) is 13.0 Å². The van der Waals surface area contributed by atoms with Crippen LogP contribution in [0.3, 0.4) is 0 Å². The molecule has 0 saturated carbocycles. The van der Waals surface area contributed by atoms with Crippen molar-refractivity contribution in [2.45, 2.75) is 39.4 Å². The van der Waals surface area contributed by atoms with Crippen LogP contribution in [0.1, 0.15) is 37.2 Å². The molecule has 0 unspecified atom stereocenters.